The van der Waals surface area contributed by atoms with Crippen molar-refractivity contribution in [1.82, 2.24) is 5.32 Å². The van der Waals surface area contributed by atoms with Gasteiger partial charge >= 0.3 is 0 Å². The van der Waals surface area contributed by atoms with E-state index in [9.17, 15) is 4.79 Å². The van der Waals surface area contributed by atoms with Gasteiger partial charge in [0, 0.05) is 11.6 Å². The Morgan fingerprint density at radius 3 is 2.87 bits per heavy atom. The number of nitriles is 1. The van der Waals surface area contributed by atoms with Gasteiger partial charge in [-0.2, -0.15) is 5.26 Å². The minimum Gasteiger partial charge on any atom is -0.355 e. The van der Waals surface area contributed by atoms with Crippen LogP contribution in [0.4, 0.5) is 0 Å². The van der Waals surface area contributed by atoms with Crippen LogP contribution in [0.3, 0.4) is 0 Å². The van der Waals surface area contributed by atoms with Crippen molar-refractivity contribution in [2.24, 2.45) is 0 Å². The Labute approximate surface area is 93.7 Å². The lowest BCUT2D eigenvalue weighted by Gasteiger charge is -2.04. The summed E-state index contributed by atoms with van der Waals surface area (Å²) in [5.74, 6) is -0.246. The standard InChI is InChI=1S/C11H11ClN2O/c12-10-4-2-1-3-9(10)6-8-14-11(15)5-7-13/h1-4H,5-6,8H2,(H,14,15). The second-order valence-corrected chi connectivity index (χ2v) is 3.43. The van der Waals surface area contributed by atoms with Crippen molar-refractivity contribution in [1.29, 1.82) is 5.26 Å². The van der Waals surface area contributed by atoms with Gasteiger partial charge in [0.2, 0.25) is 5.91 Å². The molecule has 78 valence electrons. The molecule has 0 bridgehead atoms. The van der Waals surface area contributed by atoms with Gasteiger partial charge in [0.05, 0.1) is 6.07 Å². The molecule has 4 heteroatoms. The summed E-state index contributed by atoms with van der Waals surface area (Å²) in [7, 11) is 0. The zero-order valence-corrected chi connectivity index (χ0v) is 8.92. The number of carbonyl (C=O) groups excluding carboxylic acids is 1. The molecule has 1 N–H and O–H groups in total. The van der Waals surface area contributed by atoms with Gasteiger partial charge < -0.3 is 5.32 Å². The third kappa shape index (κ3) is 4.01. The summed E-state index contributed by atoms with van der Waals surface area (Å²) in [4.78, 5) is 11.0. The van der Waals surface area contributed by atoms with Crippen LogP contribution in [0, 0.1) is 11.3 Å². The highest BCUT2D eigenvalue weighted by Gasteiger charge is 2.01. The maximum atomic E-state index is 11.0. The Balaban J connectivity index is 2.36. The van der Waals surface area contributed by atoms with E-state index in [0.717, 1.165) is 5.56 Å². The monoisotopic (exact) mass is 222 g/mol. The zero-order chi connectivity index (χ0) is 11.1. The highest BCUT2D eigenvalue weighted by Crippen LogP contribution is 2.14. The van der Waals surface area contributed by atoms with Crippen LogP contribution in [0.5, 0.6) is 0 Å². The first-order chi connectivity index (χ1) is 7.24. The number of carbonyl (C=O) groups is 1. The maximum absolute atomic E-state index is 11.0. The van der Waals surface area contributed by atoms with Crippen LogP contribution in [0.1, 0.15) is 12.0 Å². The molecule has 0 spiro atoms. The van der Waals surface area contributed by atoms with E-state index in [0.29, 0.717) is 18.0 Å². The van der Waals surface area contributed by atoms with Gasteiger partial charge in [-0.25, -0.2) is 0 Å². The molecule has 1 aromatic carbocycles. The molecule has 15 heavy (non-hydrogen) atoms. The predicted molar refractivity (Wildman–Crippen MR) is 58.4 cm³/mol. The third-order valence-corrected chi connectivity index (χ3v) is 2.28. The first-order valence-electron chi connectivity index (χ1n) is 4.61. The quantitative estimate of drug-likeness (QED) is 0.846. The van der Waals surface area contributed by atoms with E-state index in [4.69, 9.17) is 16.9 Å². The van der Waals surface area contributed by atoms with E-state index in [1.165, 1.54) is 0 Å². The number of halogens is 1. The normalized spacial score (nSPS) is 9.33. The lowest BCUT2D eigenvalue weighted by atomic mass is 10.1. The van der Waals surface area contributed by atoms with Crippen LogP contribution in [0.15, 0.2) is 24.3 Å². The summed E-state index contributed by atoms with van der Waals surface area (Å²) in [6.45, 7) is 0.504. The van der Waals surface area contributed by atoms with Crippen molar-refractivity contribution >= 4 is 17.5 Å². The fourth-order valence-corrected chi connectivity index (χ4v) is 1.40. The topological polar surface area (TPSA) is 52.9 Å². The van der Waals surface area contributed by atoms with E-state index in [1.54, 1.807) is 6.07 Å². The molecule has 0 aromatic heterocycles. The molecular weight excluding hydrogens is 212 g/mol. The molecule has 1 aromatic rings. The van der Waals surface area contributed by atoms with Gasteiger partial charge in [-0.15, -0.1) is 0 Å². The summed E-state index contributed by atoms with van der Waals surface area (Å²) in [6, 6.07) is 9.28. The molecule has 0 aliphatic rings. The highest BCUT2D eigenvalue weighted by atomic mass is 35.5. The molecule has 0 radical (unpaired) electrons. The van der Waals surface area contributed by atoms with Gasteiger partial charge in [0.1, 0.15) is 6.42 Å². The van der Waals surface area contributed by atoms with Crippen molar-refractivity contribution in [2.45, 2.75) is 12.8 Å². The van der Waals surface area contributed by atoms with Crippen LogP contribution >= 0.6 is 11.6 Å². The van der Waals surface area contributed by atoms with E-state index >= 15 is 0 Å². The molecular formula is C11H11ClN2O. The van der Waals surface area contributed by atoms with E-state index in [2.05, 4.69) is 5.32 Å². The highest BCUT2D eigenvalue weighted by molar-refractivity contribution is 6.31. The second-order valence-electron chi connectivity index (χ2n) is 3.03. The number of amides is 1. The van der Waals surface area contributed by atoms with Crippen molar-refractivity contribution < 1.29 is 4.79 Å². The van der Waals surface area contributed by atoms with Crippen LogP contribution in [-0.2, 0) is 11.2 Å². The van der Waals surface area contributed by atoms with Crippen molar-refractivity contribution in [3.05, 3.63) is 34.9 Å². The van der Waals surface area contributed by atoms with E-state index < -0.39 is 0 Å². The maximum Gasteiger partial charge on any atom is 0.234 e. The number of nitrogens with one attached hydrogen (secondary N) is 1. The minimum absolute atomic E-state index is 0.0947. The summed E-state index contributed by atoms with van der Waals surface area (Å²) in [5.41, 5.74) is 0.997. The number of benzene rings is 1. The Morgan fingerprint density at radius 1 is 1.47 bits per heavy atom. The van der Waals surface area contributed by atoms with Gasteiger partial charge in [0.15, 0.2) is 0 Å². The molecule has 0 saturated heterocycles. The van der Waals surface area contributed by atoms with Crippen molar-refractivity contribution in [3.63, 3.8) is 0 Å². The Morgan fingerprint density at radius 2 is 2.20 bits per heavy atom. The third-order valence-electron chi connectivity index (χ3n) is 1.91. The van der Waals surface area contributed by atoms with E-state index in [-0.39, 0.29) is 12.3 Å². The first-order valence-corrected chi connectivity index (χ1v) is 4.99. The minimum atomic E-state index is -0.246. The van der Waals surface area contributed by atoms with Crippen LogP contribution in [-0.4, -0.2) is 12.5 Å². The average Bonchev–Trinajstić information content (AvgIpc) is 2.21. The summed E-state index contributed by atoms with van der Waals surface area (Å²) in [5, 5.41) is 11.6. The van der Waals surface area contributed by atoms with Gasteiger partial charge in [-0.05, 0) is 18.1 Å². The Kier molecular flexibility index (Phi) is 4.65. The van der Waals surface area contributed by atoms with Gasteiger partial charge in [-0.3, -0.25) is 4.79 Å². The van der Waals surface area contributed by atoms with Crippen molar-refractivity contribution in [2.75, 3.05) is 6.54 Å². The number of rotatable bonds is 4. The molecule has 0 fully saturated rings. The molecule has 1 rings (SSSR count). The summed E-state index contributed by atoms with van der Waals surface area (Å²) >= 11 is 5.94. The first kappa shape index (κ1) is 11.5. The smallest absolute Gasteiger partial charge is 0.234 e. The lowest BCUT2D eigenvalue weighted by molar-refractivity contribution is -0.120. The Hall–Kier alpha value is -1.53. The molecule has 0 aliphatic carbocycles. The molecule has 0 atom stereocenters. The SMILES string of the molecule is N#CCC(=O)NCCc1ccccc1Cl. The molecule has 0 saturated carbocycles. The molecule has 0 heterocycles. The molecule has 3 nitrogen and oxygen atoms in total. The van der Waals surface area contributed by atoms with Crippen LogP contribution in [0.25, 0.3) is 0 Å². The summed E-state index contributed by atoms with van der Waals surface area (Å²) < 4.78 is 0. The second kappa shape index (κ2) is 6.05. The number of hydrogen-bond donors (Lipinski definition) is 1. The lowest BCUT2D eigenvalue weighted by Crippen LogP contribution is -2.24. The predicted octanol–water partition coefficient (Wildman–Crippen LogP) is 1.91. The zero-order valence-electron chi connectivity index (χ0n) is 8.16. The molecule has 0 aliphatic heterocycles. The van der Waals surface area contributed by atoms with Crippen LogP contribution in [0.2, 0.25) is 5.02 Å². The number of nitrogens with zero attached hydrogens (tertiary/aromatic N) is 1. The average molecular weight is 223 g/mol. The number of hydrogen-bond acceptors (Lipinski definition) is 2. The van der Waals surface area contributed by atoms with Gasteiger partial charge in [0.25, 0.3) is 0 Å². The molecule has 1 amide bonds. The fraction of sp³-hybridized carbons (Fsp3) is 0.273. The van der Waals surface area contributed by atoms with Crippen LogP contribution < -0.4 is 5.32 Å². The molecule has 0 unspecified atom stereocenters. The largest absolute Gasteiger partial charge is 0.355 e. The summed E-state index contributed by atoms with van der Waals surface area (Å²) in [6.07, 6.45) is 0.583. The fourth-order valence-electron chi connectivity index (χ4n) is 1.17. The van der Waals surface area contributed by atoms with Gasteiger partial charge in [-0.1, -0.05) is 29.8 Å². The van der Waals surface area contributed by atoms with E-state index in [1.807, 2.05) is 24.3 Å². The van der Waals surface area contributed by atoms with Crippen molar-refractivity contribution in [3.8, 4) is 6.07 Å². The Bertz CT molecular complexity index is 384.